The molecule has 0 saturated carbocycles. The Morgan fingerprint density at radius 3 is 2.85 bits per heavy atom. The number of aromatic nitrogens is 5. The lowest BCUT2D eigenvalue weighted by atomic mass is 10.1. The Labute approximate surface area is 224 Å². The predicted molar refractivity (Wildman–Crippen MR) is 145 cm³/mol. The highest BCUT2D eigenvalue weighted by atomic mass is 16.7. The zero-order chi connectivity index (χ0) is 26.9. The summed E-state index contributed by atoms with van der Waals surface area (Å²) in [6.45, 7) is 3.84. The number of anilines is 2. The molecule has 1 aromatic carbocycles. The highest BCUT2D eigenvalue weighted by Gasteiger charge is 2.30. The summed E-state index contributed by atoms with van der Waals surface area (Å²) in [6, 6.07) is 6.97. The van der Waals surface area contributed by atoms with Crippen LogP contribution in [0.15, 0.2) is 49.1 Å². The van der Waals surface area contributed by atoms with E-state index in [0.29, 0.717) is 56.7 Å². The zero-order valence-electron chi connectivity index (χ0n) is 21.6. The Bertz CT molecular complexity index is 1570. The predicted octanol–water partition coefficient (Wildman–Crippen LogP) is 3.63. The Balaban J connectivity index is 1.38. The van der Waals surface area contributed by atoms with E-state index in [-0.39, 0.29) is 18.7 Å². The largest absolute Gasteiger partial charge is 0.481 e. The highest BCUT2D eigenvalue weighted by Crippen LogP contribution is 2.48. The molecule has 1 amide bonds. The SMILES string of the molecule is CC=CN1CCC[C@@H](n2nc(-c3ccc(NC(=O)c4ccc(OC)nc4)c4c3OCO4)c3c(N)ncnc32)C1. The number of nitrogens with one attached hydrogen (secondary N) is 1. The molecule has 1 fully saturated rings. The summed E-state index contributed by atoms with van der Waals surface area (Å²) < 4.78 is 18.7. The van der Waals surface area contributed by atoms with Crippen LogP contribution in [0.5, 0.6) is 17.4 Å². The van der Waals surface area contributed by atoms with Crippen LogP contribution >= 0.6 is 0 Å². The van der Waals surface area contributed by atoms with Crippen molar-refractivity contribution in [3.05, 3.63) is 54.6 Å². The topological polar surface area (TPSA) is 143 Å². The quantitative estimate of drug-likeness (QED) is 0.381. The third-order valence-corrected chi connectivity index (χ3v) is 6.88. The van der Waals surface area contributed by atoms with Crippen LogP contribution < -0.4 is 25.3 Å². The first-order valence-corrected chi connectivity index (χ1v) is 12.7. The van der Waals surface area contributed by atoms with E-state index in [2.05, 4.69) is 31.4 Å². The number of allylic oxidation sites excluding steroid dienone is 1. The van der Waals surface area contributed by atoms with Crippen molar-refractivity contribution in [1.29, 1.82) is 0 Å². The molecule has 39 heavy (non-hydrogen) atoms. The lowest BCUT2D eigenvalue weighted by molar-refractivity contribution is 0.102. The fraction of sp³-hybridized carbons (Fsp3) is 0.296. The maximum Gasteiger partial charge on any atom is 0.257 e. The lowest BCUT2D eigenvalue weighted by Gasteiger charge is -2.32. The molecular weight excluding hydrogens is 500 g/mol. The second-order valence-corrected chi connectivity index (χ2v) is 9.29. The molecule has 1 saturated heterocycles. The van der Waals surface area contributed by atoms with E-state index in [9.17, 15) is 4.79 Å². The number of amides is 1. The van der Waals surface area contributed by atoms with E-state index >= 15 is 0 Å². The Morgan fingerprint density at radius 1 is 1.18 bits per heavy atom. The minimum Gasteiger partial charge on any atom is -0.481 e. The van der Waals surface area contributed by atoms with Gasteiger partial charge in [-0.3, -0.25) is 4.79 Å². The van der Waals surface area contributed by atoms with Crippen LogP contribution in [0.25, 0.3) is 22.3 Å². The number of nitrogens with two attached hydrogens (primary N) is 1. The van der Waals surface area contributed by atoms with Crippen molar-refractivity contribution in [1.82, 2.24) is 29.6 Å². The van der Waals surface area contributed by atoms with Crippen molar-refractivity contribution in [3.63, 3.8) is 0 Å². The summed E-state index contributed by atoms with van der Waals surface area (Å²) in [5, 5.41) is 8.55. The van der Waals surface area contributed by atoms with Crippen LogP contribution in [0, 0.1) is 0 Å². The maximum absolute atomic E-state index is 12.9. The van der Waals surface area contributed by atoms with Crippen molar-refractivity contribution in [2.45, 2.75) is 25.8 Å². The van der Waals surface area contributed by atoms with Crippen molar-refractivity contribution < 1.29 is 19.0 Å². The van der Waals surface area contributed by atoms with Gasteiger partial charge in [-0.05, 0) is 44.2 Å². The second kappa shape index (κ2) is 10.1. The van der Waals surface area contributed by atoms with Crippen molar-refractivity contribution in [3.8, 4) is 28.6 Å². The Kier molecular flexibility index (Phi) is 6.35. The normalized spacial score (nSPS) is 16.7. The van der Waals surface area contributed by atoms with Gasteiger partial charge in [0.2, 0.25) is 12.7 Å². The van der Waals surface area contributed by atoms with Gasteiger partial charge in [-0.25, -0.2) is 19.6 Å². The molecule has 0 aliphatic carbocycles. The average molecular weight is 529 g/mol. The zero-order valence-corrected chi connectivity index (χ0v) is 21.6. The molecule has 0 spiro atoms. The molecule has 3 aromatic heterocycles. The Hall–Kier alpha value is -4.87. The van der Waals surface area contributed by atoms with Gasteiger partial charge < -0.3 is 30.2 Å². The third-order valence-electron chi connectivity index (χ3n) is 6.88. The summed E-state index contributed by atoms with van der Waals surface area (Å²) in [5.74, 6) is 1.29. The van der Waals surface area contributed by atoms with E-state index in [4.69, 9.17) is 25.0 Å². The van der Waals surface area contributed by atoms with Gasteiger partial charge in [0, 0.05) is 30.9 Å². The number of rotatable bonds is 6. The molecule has 0 bridgehead atoms. The average Bonchev–Trinajstić information content (AvgIpc) is 3.61. The molecule has 2 aliphatic heterocycles. The first kappa shape index (κ1) is 24.5. The fourth-order valence-corrected chi connectivity index (χ4v) is 5.08. The fourth-order valence-electron chi connectivity index (χ4n) is 5.08. The third kappa shape index (κ3) is 4.43. The first-order chi connectivity index (χ1) is 19.1. The van der Waals surface area contributed by atoms with Gasteiger partial charge in [0.15, 0.2) is 17.1 Å². The van der Waals surface area contributed by atoms with E-state index < -0.39 is 0 Å². The summed E-state index contributed by atoms with van der Waals surface area (Å²) in [4.78, 5) is 28.1. The summed E-state index contributed by atoms with van der Waals surface area (Å²) in [5.41, 5.74) is 9.16. The molecule has 12 nitrogen and oxygen atoms in total. The molecule has 0 unspecified atom stereocenters. The van der Waals surface area contributed by atoms with Crippen LogP contribution in [0.1, 0.15) is 36.2 Å². The van der Waals surface area contributed by atoms with Crippen LogP contribution in [0.2, 0.25) is 0 Å². The minimum absolute atomic E-state index is 0.00483. The molecule has 1 atom stereocenters. The number of benzene rings is 1. The lowest BCUT2D eigenvalue weighted by Crippen LogP contribution is -2.33. The maximum atomic E-state index is 12.9. The van der Waals surface area contributed by atoms with Gasteiger partial charge >= 0.3 is 0 Å². The molecule has 6 rings (SSSR count). The molecule has 2 aliphatic rings. The standard InChI is InChI=1S/C27H28N8O4/c1-3-10-34-11-4-5-17(13-34)35-26-21(25(28)30-14-31-26)22(33-35)18-7-8-19(24-23(18)38-15-39-24)32-27(36)16-6-9-20(37-2)29-12-16/h3,6-10,12,14,17H,4-5,11,13,15H2,1-2H3,(H,32,36)(H2,28,30,31)/t17-/m1/s1. The number of fused-ring (bicyclic) bond motifs is 2. The molecule has 200 valence electrons. The van der Waals surface area contributed by atoms with Gasteiger partial charge in [-0.1, -0.05) is 6.08 Å². The van der Waals surface area contributed by atoms with Crippen LogP contribution in [-0.4, -0.2) is 62.5 Å². The van der Waals surface area contributed by atoms with Gasteiger partial charge in [-0.15, -0.1) is 0 Å². The van der Waals surface area contributed by atoms with E-state index in [1.165, 1.54) is 19.6 Å². The number of hydrogen-bond acceptors (Lipinski definition) is 10. The second-order valence-electron chi connectivity index (χ2n) is 9.29. The van der Waals surface area contributed by atoms with Crippen molar-refractivity contribution >= 4 is 28.4 Å². The number of likely N-dealkylation sites (tertiary alicyclic amines) is 1. The highest BCUT2D eigenvalue weighted by molar-refractivity contribution is 6.06. The van der Waals surface area contributed by atoms with Crippen LogP contribution in [-0.2, 0) is 0 Å². The van der Waals surface area contributed by atoms with Gasteiger partial charge in [-0.2, -0.15) is 5.10 Å². The van der Waals surface area contributed by atoms with Gasteiger partial charge in [0.25, 0.3) is 5.91 Å². The smallest absolute Gasteiger partial charge is 0.257 e. The molecule has 0 radical (unpaired) electrons. The van der Waals surface area contributed by atoms with Crippen molar-refractivity contribution in [2.75, 3.05) is 38.0 Å². The first-order valence-electron chi connectivity index (χ1n) is 12.7. The molecule has 5 heterocycles. The number of nitrogens with zero attached hydrogens (tertiary/aromatic N) is 6. The number of ether oxygens (including phenoxy) is 3. The van der Waals surface area contributed by atoms with Crippen LogP contribution in [0.3, 0.4) is 0 Å². The summed E-state index contributed by atoms with van der Waals surface area (Å²) in [6.07, 6.45) is 9.07. The number of carbonyl (C=O) groups excluding carboxylic acids is 1. The van der Waals surface area contributed by atoms with E-state index in [1.807, 2.05) is 23.7 Å². The van der Waals surface area contributed by atoms with Gasteiger partial charge in [0.05, 0.1) is 29.8 Å². The van der Waals surface area contributed by atoms with Gasteiger partial charge in [0.1, 0.15) is 17.8 Å². The number of hydrogen-bond donors (Lipinski definition) is 2. The number of carbonyl (C=O) groups is 1. The number of nitrogen functional groups attached to an aromatic ring is 1. The molecule has 4 aromatic rings. The Morgan fingerprint density at radius 2 is 2.05 bits per heavy atom. The summed E-state index contributed by atoms with van der Waals surface area (Å²) >= 11 is 0. The summed E-state index contributed by atoms with van der Waals surface area (Å²) in [7, 11) is 1.52. The number of piperidine rings is 1. The van der Waals surface area contributed by atoms with Crippen LogP contribution in [0.4, 0.5) is 11.5 Å². The monoisotopic (exact) mass is 528 g/mol. The minimum atomic E-state index is -0.342. The number of methoxy groups -OCH3 is 1. The molecular formula is C27H28N8O4. The van der Waals surface area contributed by atoms with E-state index in [1.54, 1.807) is 18.2 Å². The molecule has 3 N–H and O–H groups in total. The molecule has 12 heteroatoms. The van der Waals surface area contributed by atoms with Crippen molar-refractivity contribution in [2.24, 2.45) is 0 Å². The number of pyridine rings is 1. The van der Waals surface area contributed by atoms with E-state index in [0.717, 1.165) is 25.9 Å².